The maximum atomic E-state index is 11.9. The first-order valence-electron chi connectivity index (χ1n) is 6.25. The lowest BCUT2D eigenvalue weighted by Crippen LogP contribution is -2.31. The largest absolute Gasteiger partial charge is 0.467 e. The van der Waals surface area contributed by atoms with Crippen molar-refractivity contribution in [3.63, 3.8) is 0 Å². The summed E-state index contributed by atoms with van der Waals surface area (Å²) < 4.78 is 5.18. The van der Waals surface area contributed by atoms with Gasteiger partial charge in [0.05, 0.1) is 17.7 Å². The maximum Gasteiger partial charge on any atom is 0.261 e. The van der Waals surface area contributed by atoms with Crippen LogP contribution in [0.3, 0.4) is 0 Å². The SMILES string of the molecule is CN(Cc1ccco1)C(=O)CCNC(=O)c1cccs1. The first-order valence-corrected chi connectivity index (χ1v) is 7.13. The number of carbonyl (C=O) groups excluding carboxylic acids is 2. The van der Waals surface area contributed by atoms with Crippen molar-refractivity contribution in [2.75, 3.05) is 13.6 Å². The van der Waals surface area contributed by atoms with E-state index < -0.39 is 0 Å². The molecule has 2 rings (SSSR count). The highest BCUT2D eigenvalue weighted by Crippen LogP contribution is 2.08. The number of thiophene rings is 1. The first-order chi connectivity index (χ1) is 9.66. The van der Waals surface area contributed by atoms with Gasteiger partial charge in [-0.25, -0.2) is 0 Å². The van der Waals surface area contributed by atoms with Gasteiger partial charge in [0.25, 0.3) is 5.91 Å². The van der Waals surface area contributed by atoms with Crippen molar-refractivity contribution in [3.8, 4) is 0 Å². The summed E-state index contributed by atoms with van der Waals surface area (Å²) in [5.41, 5.74) is 0. The highest BCUT2D eigenvalue weighted by Gasteiger charge is 2.11. The summed E-state index contributed by atoms with van der Waals surface area (Å²) in [4.78, 5) is 25.8. The van der Waals surface area contributed by atoms with Gasteiger partial charge < -0.3 is 14.6 Å². The van der Waals surface area contributed by atoms with E-state index in [1.54, 1.807) is 30.3 Å². The molecule has 0 aliphatic rings. The van der Waals surface area contributed by atoms with Crippen LogP contribution in [0.1, 0.15) is 21.9 Å². The quantitative estimate of drug-likeness (QED) is 0.887. The summed E-state index contributed by atoms with van der Waals surface area (Å²) in [6.07, 6.45) is 1.85. The fourth-order valence-corrected chi connectivity index (χ4v) is 2.33. The van der Waals surface area contributed by atoms with Crippen molar-refractivity contribution in [1.82, 2.24) is 10.2 Å². The third kappa shape index (κ3) is 3.96. The molecular formula is C14H16N2O3S. The molecule has 20 heavy (non-hydrogen) atoms. The zero-order chi connectivity index (χ0) is 14.4. The van der Waals surface area contributed by atoms with Crippen LogP contribution in [0, 0.1) is 0 Å². The Labute approximate surface area is 121 Å². The number of carbonyl (C=O) groups is 2. The van der Waals surface area contributed by atoms with Crippen LogP contribution in [0.25, 0.3) is 0 Å². The Morgan fingerprint density at radius 3 is 2.85 bits per heavy atom. The van der Waals surface area contributed by atoms with Gasteiger partial charge in [0, 0.05) is 20.0 Å². The topological polar surface area (TPSA) is 62.6 Å². The molecule has 106 valence electrons. The van der Waals surface area contributed by atoms with E-state index in [0.29, 0.717) is 18.0 Å². The van der Waals surface area contributed by atoms with Gasteiger partial charge in [0.2, 0.25) is 5.91 Å². The van der Waals surface area contributed by atoms with Gasteiger partial charge >= 0.3 is 0 Å². The second-order valence-corrected chi connectivity index (χ2v) is 5.26. The number of rotatable bonds is 6. The Morgan fingerprint density at radius 1 is 1.35 bits per heavy atom. The van der Waals surface area contributed by atoms with Crippen LogP contribution in [0.5, 0.6) is 0 Å². The molecule has 6 heteroatoms. The van der Waals surface area contributed by atoms with Crippen LogP contribution in [0.4, 0.5) is 0 Å². The Hall–Kier alpha value is -2.08. The van der Waals surface area contributed by atoms with E-state index in [1.165, 1.54) is 11.3 Å². The molecule has 0 saturated carbocycles. The average Bonchev–Trinajstić information content (AvgIpc) is 3.11. The van der Waals surface area contributed by atoms with Crippen LogP contribution in [-0.4, -0.2) is 30.3 Å². The number of amides is 2. The van der Waals surface area contributed by atoms with Crippen molar-refractivity contribution in [2.45, 2.75) is 13.0 Å². The highest BCUT2D eigenvalue weighted by atomic mass is 32.1. The molecule has 0 aromatic carbocycles. The van der Waals surface area contributed by atoms with E-state index in [1.807, 2.05) is 17.5 Å². The minimum atomic E-state index is -0.138. The van der Waals surface area contributed by atoms with E-state index >= 15 is 0 Å². The second-order valence-electron chi connectivity index (χ2n) is 4.31. The third-order valence-electron chi connectivity index (χ3n) is 2.77. The molecule has 0 atom stereocenters. The van der Waals surface area contributed by atoms with Gasteiger partial charge in [-0.05, 0) is 23.6 Å². The Balaban J connectivity index is 1.71. The van der Waals surface area contributed by atoms with Gasteiger partial charge in [-0.15, -0.1) is 11.3 Å². The van der Waals surface area contributed by atoms with E-state index in [9.17, 15) is 9.59 Å². The van der Waals surface area contributed by atoms with E-state index in [0.717, 1.165) is 5.76 Å². The number of hydrogen-bond donors (Lipinski definition) is 1. The van der Waals surface area contributed by atoms with Crippen molar-refractivity contribution >= 4 is 23.2 Å². The molecule has 0 fully saturated rings. The molecule has 0 aliphatic carbocycles. The average molecular weight is 292 g/mol. The van der Waals surface area contributed by atoms with Crippen molar-refractivity contribution in [2.24, 2.45) is 0 Å². The number of nitrogens with zero attached hydrogens (tertiary/aromatic N) is 1. The lowest BCUT2D eigenvalue weighted by molar-refractivity contribution is -0.130. The monoisotopic (exact) mass is 292 g/mol. The summed E-state index contributed by atoms with van der Waals surface area (Å²) in [6.45, 7) is 0.767. The molecule has 0 radical (unpaired) electrons. The lowest BCUT2D eigenvalue weighted by atomic mass is 10.3. The molecule has 0 saturated heterocycles. The second kappa shape index (κ2) is 6.91. The van der Waals surface area contributed by atoms with E-state index in [-0.39, 0.29) is 18.2 Å². The van der Waals surface area contributed by atoms with Gasteiger partial charge in [-0.2, -0.15) is 0 Å². The van der Waals surface area contributed by atoms with Gasteiger partial charge in [-0.3, -0.25) is 9.59 Å². The van der Waals surface area contributed by atoms with Crippen LogP contribution < -0.4 is 5.32 Å². The predicted molar refractivity (Wildman–Crippen MR) is 76.5 cm³/mol. The molecule has 2 heterocycles. The molecule has 0 aliphatic heterocycles. The number of hydrogen-bond acceptors (Lipinski definition) is 4. The Morgan fingerprint density at radius 2 is 2.20 bits per heavy atom. The van der Waals surface area contributed by atoms with Crippen LogP contribution in [-0.2, 0) is 11.3 Å². The third-order valence-corrected chi connectivity index (χ3v) is 3.64. The van der Waals surface area contributed by atoms with Crippen LogP contribution in [0.15, 0.2) is 40.3 Å². The summed E-state index contributed by atoms with van der Waals surface area (Å²) in [6, 6.07) is 7.18. The Bertz CT molecular complexity index is 549. The van der Waals surface area contributed by atoms with Crippen molar-refractivity contribution < 1.29 is 14.0 Å². The molecule has 5 nitrogen and oxygen atoms in total. The summed E-state index contributed by atoms with van der Waals surface area (Å²) in [5, 5.41) is 4.57. The first kappa shape index (κ1) is 14.3. The van der Waals surface area contributed by atoms with E-state index in [4.69, 9.17) is 4.42 Å². The van der Waals surface area contributed by atoms with Crippen molar-refractivity contribution in [3.05, 3.63) is 46.5 Å². The maximum absolute atomic E-state index is 11.9. The van der Waals surface area contributed by atoms with Gasteiger partial charge in [-0.1, -0.05) is 6.07 Å². The molecule has 2 aromatic heterocycles. The zero-order valence-corrected chi connectivity index (χ0v) is 12.0. The molecule has 1 N–H and O–H groups in total. The fourth-order valence-electron chi connectivity index (χ4n) is 1.69. The molecule has 0 unspecified atom stereocenters. The zero-order valence-electron chi connectivity index (χ0n) is 11.2. The minimum absolute atomic E-state index is 0.0344. The molecular weight excluding hydrogens is 276 g/mol. The number of nitrogens with one attached hydrogen (secondary N) is 1. The van der Waals surface area contributed by atoms with Gasteiger partial charge in [0.1, 0.15) is 5.76 Å². The summed E-state index contributed by atoms with van der Waals surface area (Å²) in [5.74, 6) is 0.567. The predicted octanol–water partition coefficient (Wildman–Crippen LogP) is 2.12. The van der Waals surface area contributed by atoms with Gasteiger partial charge in [0.15, 0.2) is 0 Å². The van der Waals surface area contributed by atoms with Crippen LogP contribution in [0.2, 0.25) is 0 Å². The number of furan rings is 1. The lowest BCUT2D eigenvalue weighted by Gasteiger charge is -2.15. The highest BCUT2D eigenvalue weighted by molar-refractivity contribution is 7.12. The standard InChI is InChI=1S/C14H16N2O3S/c1-16(10-11-4-2-8-19-11)13(17)6-7-15-14(18)12-5-3-9-20-12/h2-5,8-9H,6-7,10H2,1H3,(H,15,18). The van der Waals surface area contributed by atoms with Crippen LogP contribution >= 0.6 is 11.3 Å². The Kier molecular flexibility index (Phi) is 4.95. The molecule has 0 bridgehead atoms. The summed E-state index contributed by atoms with van der Waals surface area (Å²) >= 11 is 1.38. The summed E-state index contributed by atoms with van der Waals surface area (Å²) in [7, 11) is 1.71. The minimum Gasteiger partial charge on any atom is -0.467 e. The molecule has 0 spiro atoms. The fraction of sp³-hybridized carbons (Fsp3) is 0.286. The van der Waals surface area contributed by atoms with Crippen molar-refractivity contribution in [1.29, 1.82) is 0 Å². The molecule has 2 amide bonds. The van der Waals surface area contributed by atoms with E-state index in [2.05, 4.69) is 5.32 Å². The molecule has 2 aromatic rings. The smallest absolute Gasteiger partial charge is 0.261 e. The normalized spacial score (nSPS) is 10.2.